The summed E-state index contributed by atoms with van der Waals surface area (Å²) in [6.45, 7) is 2.38. The number of hydrogen-bond acceptors (Lipinski definition) is 7. The third kappa shape index (κ3) is 5.57. The molecule has 8 nitrogen and oxygen atoms in total. The Balaban J connectivity index is 1.76. The third-order valence-corrected chi connectivity index (χ3v) is 7.41. The summed E-state index contributed by atoms with van der Waals surface area (Å²) >= 11 is 1.47. The number of methoxy groups -OCH3 is 1. The van der Waals surface area contributed by atoms with Crippen LogP contribution in [0, 0.1) is 0 Å². The highest BCUT2D eigenvalue weighted by molar-refractivity contribution is 8.14. The van der Waals surface area contributed by atoms with E-state index in [1.807, 2.05) is 6.92 Å². The zero-order valence-corrected chi connectivity index (χ0v) is 19.4. The van der Waals surface area contributed by atoms with Crippen LogP contribution in [0.2, 0.25) is 0 Å². The van der Waals surface area contributed by atoms with Crippen molar-refractivity contribution in [1.29, 1.82) is 0 Å². The summed E-state index contributed by atoms with van der Waals surface area (Å²) in [7, 11) is 0.967. The van der Waals surface area contributed by atoms with Crippen molar-refractivity contribution in [3.8, 4) is 11.5 Å². The Kier molecular flexibility index (Phi) is 7.24. The van der Waals surface area contributed by atoms with Gasteiger partial charge in [0, 0.05) is 25.9 Å². The van der Waals surface area contributed by atoms with E-state index in [1.54, 1.807) is 48.4 Å². The van der Waals surface area contributed by atoms with Crippen molar-refractivity contribution in [3.05, 3.63) is 48.5 Å². The number of benzene rings is 2. The molecular weight excluding hydrogens is 438 g/mol. The van der Waals surface area contributed by atoms with Crippen LogP contribution in [-0.2, 0) is 14.8 Å². The summed E-state index contributed by atoms with van der Waals surface area (Å²) in [5.41, 5.74) is 0.466. The van der Waals surface area contributed by atoms with Gasteiger partial charge in [-0.05, 0) is 42.5 Å². The lowest BCUT2D eigenvalue weighted by Crippen LogP contribution is -2.36. The molecule has 0 aromatic heterocycles. The Morgan fingerprint density at radius 2 is 1.87 bits per heavy atom. The van der Waals surface area contributed by atoms with E-state index >= 15 is 0 Å². The molecular formula is C21H25N3O5S2. The maximum atomic E-state index is 12.8. The Morgan fingerprint density at radius 1 is 1.19 bits per heavy atom. The fraction of sp³-hybridized carbons (Fsp3) is 0.333. The van der Waals surface area contributed by atoms with Crippen LogP contribution in [0.15, 0.2) is 58.4 Å². The molecule has 166 valence electrons. The molecule has 1 amide bonds. The third-order valence-electron chi connectivity index (χ3n) is 4.52. The van der Waals surface area contributed by atoms with E-state index in [0.29, 0.717) is 28.9 Å². The Morgan fingerprint density at radius 3 is 2.52 bits per heavy atom. The summed E-state index contributed by atoms with van der Waals surface area (Å²) in [5.74, 6) is 1.05. The minimum atomic E-state index is -3.57. The van der Waals surface area contributed by atoms with E-state index in [1.165, 1.54) is 38.0 Å². The van der Waals surface area contributed by atoms with Crippen molar-refractivity contribution < 1.29 is 22.7 Å². The Hall–Kier alpha value is -2.56. The van der Waals surface area contributed by atoms with Crippen molar-refractivity contribution >= 4 is 38.5 Å². The first-order chi connectivity index (χ1) is 14.7. The monoisotopic (exact) mass is 463 g/mol. The van der Waals surface area contributed by atoms with Gasteiger partial charge >= 0.3 is 0 Å². The molecule has 1 aliphatic rings. The van der Waals surface area contributed by atoms with Crippen molar-refractivity contribution in [2.75, 3.05) is 34.4 Å². The molecule has 0 aliphatic carbocycles. The van der Waals surface area contributed by atoms with Crippen LogP contribution in [0.25, 0.3) is 0 Å². The minimum Gasteiger partial charge on any atom is -0.497 e. The number of sulfonamides is 1. The van der Waals surface area contributed by atoms with Gasteiger partial charge in [0.2, 0.25) is 10.0 Å². The highest BCUT2D eigenvalue weighted by Gasteiger charge is 2.31. The first-order valence-electron chi connectivity index (χ1n) is 9.56. The van der Waals surface area contributed by atoms with Gasteiger partial charge in [-0.2, -0.15) is 0 Å². The highest BCUT2D eigenvalue weighted by Crippen LogP contribution is 2.29. The summed E-state index contributed by atoms with van der Waals surface area (Å²) in [4.78, 5) is 19.1. The van der Waals surface area contributed by atoms with Crippen LogP contribution in [0.3, 0.4) is 0 Å². The average Bonchev–Trinajstić information content (AvgIpc) is 3.12. The van der Waals surface area contributed by atoms with Crippen LogP contribution < -0.4 is 9.47 Å². The fourth-order valence-corrected chi connectivity index (χ4v) is 4.83. The molecule has 31 heavy (non-hydrogen) atoms. The van der Waals surface area contributed by atoms with Crippen LogP contribution in [0.1, 0.15) is 6.92 Å². The average molecular weight is 464 g/mol. The molecule has 1 aliphatic heterocycles. The van der Waals surface area contributed by atoms with Gasteiger partial charge in [0.25, 0.3) is 5.91 Å². The Labute approximate surface area is 186 Å². The molecule has 0 bridgehead atoms. The summed E-state index contributed by atoms with van der Waals surface area (Å²) in [6.07, 6.45) is 0. The van der Waals surface area contributed by atoms with Gasteiger partial charge in [-0.25, -0.2) is 17.7 Å². The van der Waals surface area contributed by atoms with E-state index in [0.717, 1.165) is 4.31 Å². The predicted octanol–water partition coefficient (Wildman–Crippen LogP) is 2.98. The lowest BCUT2D eigenvalue weighted by Gasteiger charge is -2.17. The molecule has 10 heteroatoms. The zero-order chi connectivity index (χ0) is 22.6. The predicted molar refractivity (Wildman–Crippen MR) is 122 cm³/mol. The number of aliphatic imine (C=N–C) groups is 1. The molecule has 0 spiro atoms. The summed E-state index contributed by atoms with van der Waals surface area (Å²) < 4.78 is 36.6. The lowest BCUT2D eigenvalue weighted by molar-refractivity contribution is -0.129. The first-order valence-corrected chi connectivity index (χ1v) is 11.9. The number of amides is 1. The number of nitrogens with zero attached hydrogens (tertiary/aromatic N) is 3. The number of carbonyl (C=O) groups is 1. The fourth-order valence-electron chi connectivity index (χ4n) is 2.84. The van der Waals surface area contributed by atoms with Crippen molar-refractivity contribution in [3.63, 3.8) is 0 Å². The van der Waals surface area contributed by atoms with Gasteiger partial charge in [0.1, 0.15) is 11.5 Å². The second-order valence-corrected chi connectivity index (χ2v) is 10.6. The van der Waals surface area contributed by atoms with Gasteiger partial charge in [-0.1, -0.05) is 24.8 Å². The van der Waals surface area contributed by atoms with Crippen LogP contribution in [-0.4, -0.2) is 68.3 Å². The molecule has 0 saturated carbocycles. The van der Waals surface area contributed by atoms with Gasteiger partial charge in [-0.3, -0.25) is 9.69 Å². The molecule has 3 rings (SSSR count). The maximum Gasteiger partial charge on any atom is 0.266 e. The van der Waals surface area contributed by atoms with E-state index in [9.17, 15) is 13.2 Å². The molecule has 2 aromatic carbocycles. The number of ether oxygens (including phenoxy) is 2. The summed E-state index contributed by atoms with van der Waals surface area (Å²) in [6, 6.07) is 13.4. The SMILES string of the molecule is COc1ccc(OCC(=O)N2CC(C)SC2=Nc2cccc(S(=O)(=O)N(C)C)c2)cc1. The second-order valence-electron chi connectivity index (χ2n) is 7.08. The number of hydrogen-bond donors (Lipinski definition) is 0. The van der Waals surface area contributed by atoms with Crippen molar-refractivity contribution in [1.82, 2.24) is 9.21 Å². The van der Waals surface area contributed by atoms with Gasteiger partial charge in [-0.15, -0.1) is 0 Å². The molecule has 1 fully saturated rings. The van der Waals surface area contributed by atoms with Gasteiger partial charge < -0.3 is 9.47 Å². The van der Waals surface area contributed by atoms with Crippen LogP contribution in [0.5, 0.6) is 11.5 Å². The van der Waals surface area contributed by atoms with Crippen LogP contribution >= 0.6 is 11.8 Å². The zero-order valence-electron chi connectivity index (χ0n) is 17.8. The quantitative estimate of drug-likeness (QED) is 0.627. The molecule has 1 unspecified atom stereocenters. The van der Waals surface area contributed by atoms with E-state index < -0.39 is 10.0 Å². The van der Waals surface area contributed by atoms with E-state index in [-0.39, 0.29) is 22.7 Å². The molecule has 1 heterocycles. The second kappa shape index (κ2) is 9.71. The minimum absolute atomic E-state index is 0.131. The van der Waals surface area contributed by atoms with E-state index in [2.05, 4.69) is 4.99 Å². The number of amidine groups is 1. The number of thioether (sulfide) groups is 1. The first kappa shape index (κ1) is 23.1. The lowest BCUT2D eigenvalue weighted by atomic mass is 10.3. The van der Waals surface area contributed by atoms with E-state index in [4.69, 9.17) is 9.47 Å². The Bertz CT molecular complexity index is 1070. The number of rotatable bonds is 7. The van der Waals surface area contributed by atoms with Gasteiger partial charge in [0.05, 0.1) is 17.7 Å². The van der Waals surface area contributed by atoms with Gasteiger partial charge in [0.15, 0.2) is 11.8 Å². The van der Waals surface area contributed by atoms with Crippen molar-refractivity contribution in [2.45, 2.75) is 17.1 Å². The molecule has 1 atom stereocenters. The van der Waals surface area contributed by atoms with Crippen molar-refractivity contribution in [2.24, 2.45) is 4.99 Å². The summed E-state index contributed by atoms with van der Waals surface area (Å²) in [5, 5.41) is 0.688. The molecule has 0 radical (unpaired) electrons. The largest absolute Gasteiger partial charge is 0.497 e. The standard InChI is InChI=1S/C21H25N3O5S2/c1-15-13-24(20(25)14-29-18-10-8-17(28-4)9-11-18)21(30-15)22-16-6-5-7-19(12-16)31(26,27)23(2)3/h5-12,15H,13-14H2,1-4H3. The van der Waals surface area contributed by atoms with Crippen LogP contribution in [0.4, 0.5) is 5.69 Å². The topological polar surface area (TPSA) is 88.5 Å². The molecule has 2 aromatic rings. The number of carbonyl (C=O) groups excluding carboxylic acids is 1. The normalized spacial score (nSPS) is 17.9. The smallest absolute Gasteiger partial charge is 0.266 e. The molecule has 1 saturated heterocycles. The highest BCUT2D eigenvalue weighted by atomic mass is 32.2. The molecule has 0 N–H and O–H groups in total. The maximum absolute atomic E-state index is 12.8.